The lowest BCUT2D eigenvalue weighted by molar-refractivity contribution is -0.0900. The summed E-state index contributed by atoms with van der Waals surface area (Å²) in [5.74, 6) is 0. The van der Waals surface area contributed by atoms with Crippen LogP contribution >= 0.6 is 24.0 Å². The second kappa shape index (κ2) is 7.19. The van der Waals surface area contributed by atoms with Gasteiger partial charge in [0, 0.05) is 0 Å². The van der Waals surface area contributed by atoms with Crippen LogP contribution in [-0.2, 0) is 0 Å². The molecule has 5 N–H and O–H groups in total. The van der Waals surface area contributed by atoms with E-state index in [1.54, 1.807) is 0 Å². The molecule has 0 spiro atoms. The molecule has 0 aromatic rings. The fourth-order valence-corrected chi connectivity index (χ4v) is 0.472. The summed E-state index contributed by atoms with van der Waals surface area (Å²) in [6.45, 7) is -1.28. The third kappa shape index (κ3) is 4.88. The van der Waals surface area contributed by atoms with Crippen LogP contribution in [0.1, 0.15) is 0 Å². The van der Waals surface area contributed by atoms with E-state index in [0.717, 1.165) is 0 Å². The highest BCUT2D eigenvalue weighted by Gasteiger charge is 2.22. The van der Waals surface area contributed by atoms with Crippen molar-refractivity contribution in [2.75, 3.05) is 13.2 Å². The van der Waals surface area contributed by atoms with Crippen molar-refractivity contribution in [2.24, 2.45) is 0 Å². The molecule has 0 heterocycles. The minimum Gasteiger partial charge on any atom is -0.394 e. The molecule has 0 amide bonds. The van der Waals surface area contributed by atoms with Crippen molar-refractivity contribution in [3.8, 4) is 0 Å². The molecule has 0 bridgehead atoms. The predicted octanol–water partition coefficient (Wildman–Crippen LogP) is -2.33. The van der Waals surface area contributed by atoms with Crippen LogP contribution in [0.2, 0.25) is 0 Å². The van der Waals surface area contributed by atoms with Crippen molar-refractivity contribution in [1.29, 1.82) is 0 Å². The molecule has 11 heavy (non-hydrogen) atoms. The molecule has 0 fully saturated rings. The summed E-state index contributed by atoms with van der Waals surface area (Å²) in [7, 11) is 0. The Hall–Kier alpha value is 0.530. The van der Waals surface area contributed by atoms with Gasteiger partial charge < -0.3 is 25.5 Å². The van der Waals surface area contributed by atoms with Crippen molar-refractivity contribution in [2.45, 2.75) is 18.3 Å². The van der Waals surface area contributed by atoms with Crippen LogP contribution in [0.4, 0.5) is 0 Å². The quantitative estimate of drug-likeness (QED) is 0.372. The number of rotatable bonds is 4. The Bertz CT molecular complexity index is 80.9. The van der Waals surface area contributed by atoms with E-state index in [9.17, 15) is 0 Å². The van der Waals surface area contributed by atoms with Gasteiger partial charge in [0.1, 0.15) is 18.3 Å². The Balaban J connectivity index is 0. The number of hydrogen-bond acceptors (Lipinski definition) is 5. The SMILES string of the molecule is I.OCC(O)C(O)C(O)CO. The molecule has 6 heteroatoms. The molecule has 70 valence electrons. The number of aliphatic hydroxyl groups excluding tert-OH is 5. The Morgan fingerprint density at radius 3 is 1.27 bits per heavy atom. The smallest absolute Gasteiger partial charge is 0.110 e. The van der Waals surface area contributed by atoms with Gasteiger partial charge in [-0.15, -0.1) is 24.0 Å². The van der Waals surface area contributed by atoms with Crippen molar-refractivity contribution < 1.29 is 25.5 Å². The zero-order chi connectivity index (χ0) is 8.15. The molecule has 0 aromatic heterocycles. The van der Waals surface area contributed by atoms with E-state index in [-0.39, 0.29) is 24.0 Å². The summed E-state index contributed by atoms with van der Waals surface area (Å²) in [6, 6.07) is 0. The molecule has 2 atom stereocenters. The monoisotopic (exact) mass is 280 g/mol. The topological polar surface area (TPSA) is 101 Å². The minimum atomic E-state index is -1.49. The second-order valence-corrected chi connectivity index (χ2v) is 1.99. The maximum Gasteiger partial charge on any atom is 0.110 e. The van der Waals surface area contributed by atoms with Gasteiger partial charge in [0.25, 0.3) is 0 Å². The first-order chi connectivity index (χ1) is 4.63. The summed E-state index contributed by atoms with van der Waals surface area (Å²) < 4.78 is 0. The van der Waals surface area contributed by atoms with Crippen LogP contribution in [-0.4, -0.2) is 57.1 Å². The summed E-state index contributed by atoms with van der Waals surface area (Å²) >= 11 is 0. The standard InChI is InChI=1S/C5H12O5.HI/c6-1-3(8)5(10)4(9)2-7;/h3-10H,1-2H2;1H. The van der Waals surface area contributed by atoms with Gasteiger partial charge in [0.05, 0.1) is 13.2 Å². The van der Waals surface area contributed by atoms with E-state index >= 15 is 0 Å². The molecule has 0 radical (unpaired) electrons. The molecule has 0 saturated carbocycles. The zero-order valence-electron chi connectivity index (χ0n) is 5.79. The largest absolute Gasteiger partial charge is 0.394 e. The minimum absolute atomic E-state index is 0. The van der Waals surface area contributed by atoms with Gasteiger partial charge in [0.15, 0.2) is 0 Å². The Morgan fingerprint density at radius 1 is 0.818 bits per heavy atom. The van der Waals surface area contributed by atoms with Crippen LogP contribution in [0.3, 0.4) is 0 Å². The molecule has 0 aliphatic rings. The first kappa shape index (κ1) is 14.1. The van der Waals surface area contributed by atoms with Gasteiger partial charge in [-0.1, -0.05) is 0 Å². The highest BCUT2D eigenvalue weighted by Crippen LogP contribution is 1.97. The summed E-state index contributed by atoms with van der Waals surface area (Å²) in [5, 5.41) is 42.6. The van der Waals surface area contributed by atoms with Crippen molar-refractivity contribution in [1.82, 2.24) is 0 Å². The van der Waals surface area contributed by atoms with Gasteiger partial charge in [-0.3, -0.25) is 0 Å². The molecular weight excluding hydrogens is 267 g/mol. The van der Waals surface area contributed by atoms with E-state index in [0.29, 0.717) is 0 Å². The predicted molar refractivity (Wildman–Crippen MR) is 47.6 cm³/mol. The average Bonchev–Trinajstić information content (AvgIpc) is 2.00. The second-order valence-electron chi connectivity index (χ2n) is 1.99. The van der Waals surface area contributed by atoms with Gasteiger partial charge in [-0.2, -0.15) is 0 Å². The molecule has 0 rings (SSSR count). The summed E-state index contributed by atoms with van der Waals surface area (Å²) in [5.41, 5.74) is 0. The molecule has 2 unspecified atom stereocenters. The zero-order valence-corrected chi connectivity index (χ0v) is 8.12. The molecule has 0 saturated heterocycles. The number of hydrogen-bond donors (Lipinski definition) is 5. The van der Waals surface area contributed by atoms with E-state index < -0.39 is 31.5 Å². The third-order valence-corrected chi connectivity index (χ3v) is 1.16. The Kier molecular flexibility index (Phi) is 9.21. The summed E-state index contributed by atoms with van der Waals surface area (Å²) in [4.78, 5) is 0. The lowest BCUT2D eigenvalue weighted by Gasteiger charge is -2.19. The molecule has 0 aliphatic heterocycles. The van der Waals surface area contributed by atoms with Gasteiger partial charge in [0.2, 0.25) is 0 Å². The molecule has 0 aliphatic carbocycles. The van der Waals surface area contributed by atoms with Gasteiger partial charge in [-0.25, -0.2) is 0 Å². The van der Waals surface area contributed by atoms with Crippen LogP contribution < -0.4 is 0 Å². The number of halogens is 1. The lowest BCUT2D eigenvalue weighted by Crippen LogP contribution is -2.41. The van der Waals surface area contributed by atoms with Gasteiger partial charge in [-0.05, 0) is 0 Å². The van der Waals surface area contributed by atoms with Crippen LogP contribution in [0.5, 0.6) is 0 Å². The van der Waals surface area contributed by atoms with Crippen LogP contribution in [0.15, 0.2) is 0 Å². The Labute approximate surface area is 81.3 Å². The maximum absolute atomic E-state index is 8.77. The van der Waals surface area contributed by atoms with Crippen molar-refractivity contribution in [3.63, 3.8) is 0 Å². The average molecular weight is 280 g/mol. The van der Waals surface area contributed by atoms with Gasteiger partial charge >= 0.3 is 0 Å². The van der Waals surface area contributed by atoms with Crippen LogP contribution in [0, 0.1) is 0 Å². The number of aliphatic hydroxyl groups is 5. The van der Waals surface area contributed by atoms with E-state index in [1.165, 1.54) is 0 Å². The van der Waals surface area contributed by atoms with E-state index in [1.807, 2.05) is 0 Å². The van der Waals surface area contributed by atoms with Crippen molar-refractivity contribution in [3.05, 3.63) is 0 Å². The highest BCUT2D eigenvalue weighted by atomic mass is 127. The molecular formula is C5H13IO5. The highest BCUT2D eigenvalue weighted by molar-refractivity contribution is 14.0. The maximum atomic E-state index is 8.77. The van der Waals surface area contributed by atoms with E-state index in [2.05, 4.69) is 0 Å². The lowest BCUT2D eigenvalue weighted by atomic mass is 10.1. The first-order valence-electron chi connectivity index (χ1n) is 2.89. The first-order valence-corrected chi connectivity index (χ1v) is 2.89. The molecule has 5 nitrogen and oxygen atoms in total. The van der Waals surface area contributed by atoms with Crippen molar-refractivity contribution >= 4 is 24.0 Å². The summed E-state index contributed by atoms with van der Waals surface area (Å²) in [6.07, 6.45) is -4.29. The molecule has 0 aromatic carbocycles. The normalized spacial score (nSPS) is 18.3. The fraction of sp³-hybridized carbons (Fsp3) is 1.00. The van der Waals surface area contributed by atoms with Crippen LogP contribution in [0.25, 0.3) is 0 Å². The third-order valence-electron chi connectivity index (χ3n) is 1.16. The fourth-order valence-electron chi connectivity index (χ4n) is 0.472. The van der Waals surface area contributed by atoms with E-state index in [4.69, 9.17) is 25.5 Å². The Morgan fingerprint density at radius 2 is 1.09 bits per heavy atom.